The molecule has 1 aromatic heterocycles. The van der Waals surface area contributed by atoms with Crippen LogP contribution in [0.15, 0.2) is 18.5 Å². The molecule has 2 amide bonds. The first-order valence-electron chi connectivity index (χ1n) is 7.19. The lowest BCUT2D eigenvalue weighted by Gasteiger charge is -2.15. The first-order valence-corrected chi connectivity index (χ1v) is 7.19. The molecule has 112 valence electrons. The van der Waals surface area contributed by atoms with Crippen LogP contribution < -0.4 is 11.1 Å². The lowest BCUT2D eigenvalue weighted by molar-refractivity contribution is -0.128. The van der Waals surface area contributed by atoms with E-state index >= 15 is 0 Å². The van der Waals surface area contributed by atoms with Crippen molar-refractivity contribution in [1.29, 1.82) is 0 Å². The molecule has 0 fully saturated rings. The normalized spacial score (nSPS) is 12.1. The van der Waals surface area contributed by atoms with Gasteiger partial charge in [0.25, 0.3) is 0 Å². The molecule has 3 N–H and O–H groups in total. The van der Waals surface area contributed by atoms with E-state index in [2.05, 4.69) is 17.3 Å². The minimum atomic E-state index is -0.584. The number of carbonyl (C=O) groups is 2. The molecule has 0 spiro atoms. The number of nitrogens with one attached hydrogen (secondary N) is 1. The van der Waals surface area contributed by atoms with Crippen LogP contribution in [0.3, 0.4) is 0 Å². The summed E-state index contributed by atoms with van der Waals surface area (Å²) in [6, 6.07) is 1.16. The SMILES string of the molecule is CCCCCCCC(NC(=O)Cn1cccn1)C(N)=O. The van der Waals surface area contributed by atoms with Crippen molar-refractivity contribution in [1.82, 2.24) is 15.1 Å². The molecule has 0 aliphatic carbocycles. The standard InChI is InChI=1S/C14H24N4O2/c1-2-3-4-5-6-8-12(14(15)20)17-13(19)11-18-10-7-9-16-18/h7,9-10,12H,2-6,8,11H2,1H3,(H2,15,20)(H,17,19). The Hall–Kier alpha value is -1.85. The average molecular weight is 280 g/mol. The fraction of sp³-hybridized carbons (Fsp3) is 0.643. The summed E-state index contributed by atoms with van der Waals surface area (Å²) in [6.07, 6.45) is 9.40. The Kier molecular flexibility index (Phi) is 7.39. The van der Waals surface area contributed by atoms with Crippen LogP contribution in [0.25, 0.3) is 0 Å². The van der Waals surface area contributed by atoms with Gasteiger partial charge >= 0.3 is 0 Å². The third-order valence-electron chi connectivity index (χ3n) is 3.14. The number of nitrogens with two attached hydrogens (primary N) is 1. The van der Waals surface area contributed by atoms with E-state index in [1.54, 1.807) is 18.5 Å². The molecule has 1 rings (SSSR count). The minimum Gasteiger partial charge on any atom is -0.368 e. The Morgan fingerprint density at radius 2 is 2.05 bits per heavy atom. The van der Waals surface area contributed by atoms with E-state index in [-0.39, 0.29) is 12.5 Å². The fourth-order valence-electron chi connectivity index (χ4n) is 2.02. The Balaban J connectivity index is 2.30. The number of nitrogens with zero attached hydrogens (tertiary/aromatic N) is 2. The highest BCUT2D eigenvalue weighted by Gasteiger charge is 2.17. The highest BCUT2D eigenvalue weighted by Crippen LogP contribution is 2.07. The number of primary amides is 1. The summed E-state index contributed by atoms with van der Waals surface area (Å²) in [4.78, 5) is 23.1. The minimum absolute atomic E-state index is 0.104. The van der Waals surface area contributed by atoms with Crippen LogP contribution >= 0.6 is 0 Å². The summed E-state index contributed by atoms with van der Waals surface area (Å²) in [6.45, 7) is 2.26. The van der Waals surface area contributed by atoms with Gasteiger partial charge in [0.05, 0.1) is 0 Å². The van der Waals surface area contributed by atoms with Crippen molar-refractivity contribution in [2.45, 2.75) is 58.0 Å². The van der Waals surface area contributed by atoms with Gasteiger partial charge in [0, 0.05) is 12.4 Å². The first-order chi connectivity index (χ1) is 9.63. The van der Waals surface area contributed by atoms with E-state index in [9.17, 15) is 9.59 Å². The van der Waals surface area contributed by atoms with Gasteiger partial charge in [0.1, 0.15) is 12.6 Å². The van der Waals surface area contributed by atoms with E-state index in [0.717, 1.165) is 19.3 Å². The number of aromatic nitrogens is 2. The van der Waals surface area contributed by atoms with Crippen molar-refractivity contribution in [2.24, 2.45) is 5.73 Å². The molecule has 6 nitrogen and oxygen atoms in total. The van der Waals surface area contributed by atoms with Crippen LogP contribution in [0.1, 0.15) is 45.4 Å². The molecule has 20 heavy (non-hydrogen) atoms. The van der Waals surface area contributed by atoms with Crippen LogP contribution in [0, 0.1) is 0 Å². The number of hydrogen-bond acceptors (Lipinski definition) is 3. The van der Waals surface area contributed by atoms with Crippen LogP contribution in [-0.4, -0.2) is 27.6 Å². The number of rotatable bonds is 10. The first kappa shape index (κ1) is 16.2. The fourth-order valence-corrected chi connectivity index (χ4v) is 2.02. The maximum Gasteiger partial charge on any atom is 0.242 e. The van der Waals surface area contributed by atoms with Crippen molar-refractivity contribution in [3.05, 3.63) is 18.5 Å². The van der Waals surface area contributed by atoms with Crippen molar-refractivity contribution in [3.8, 4) is 0 Å². The monoisotopic (exact) mass is 280 g/mol. The molecule has 0 saturated carbocycles. The average Bonchev–Trinajstić information content (AvgIpc) is 2.89. The number of amides is 2. The quantitative estimate of drug-likeness (QED) is 0.631. The summed E-state index contributed by atoms with van der Waals surface area (Å²) >= 11 is 0. The Labute approximate surface area is 119 Å². The number of carbonyl (C=O) groups excluding carboxylic acids is 2. The zero-order valence-corrected chi connectivity index (χ0v) is 12.0. The second-order valence-corrected chi connectivity index (χ2v) is 4.93. The predicted octanol–water partition coefficient (Wildman–Crippen LogP) is 1.21. The molecular weight excluding hydrogens is 256 g/mol. The van der Waals surface area contributed by atoms with Gasteiger partial charge in [-0.3, -0.25) is 14.3 Å². The highest BCUT2D eigenvalue weighted by atomic mass is 16.2. The van der Waals surface area contributed by atoms with Crippen LogP contribution in [-0.2, 0) is 16.1 Å². The van der Waals surface area contributed by atoms with Gasteiger partial charge in [0.2, 0.25) is 11.8 Å². The second kappa shape index (κ2) is 9.12. The van der Waals surface area contributed by atoms with Gasteiger partial charge in [-0.2, -0.15) is 5.10 Å². The van der Waals surface area contributed by atoms with E-state index < -0.39 is 11.9 Å². The van der Waals surface area contributed by atoms with Crippen LogP contribution in [0.4, 0.5) is 0 Å². The molecule has 1 heterocycles. The molecular formula is C14H24N4O2. The molecule has 0 aliphatic rings. The second-order valence-electron chi connectivity index (χ2n) is 4.93. The van der Waals surface area contributed by atoms with Crippen LogP contribution in [0.2, 0.25) is 0 Å². The van der Waals surface area contributed by atoms with Crippen molar-refractivity contribution >= 4 is 11.8 Å². The maximum absolute atomic E-state index is 11.8. The maximum atomic E-state index is 11.8. The molecule has 0 bridgehead atoms. The zero-order chi connectivity index (χ0) is 14.8. The predicted molar refractivity (Wildman–Crippen MR) is 76.7 cm³/mol. The summed E-state index contributed by atoms with van der Waals surface area (Å²) in [5.74, 6) is -0.722. The van der Waals surface area contributed by atoms with Gasteiger partial charge < -0.3 is 11.1 Å². The summed E-state index contributed by atoms with van der Waals surface area (Å²) in [5.41, 5.74) is 5.32. The summed E-state index contributed by atoms with van der Waals surface area (Å²) in [5, 5.41) is 6.62. The van der Waals surface area contributed by atoms with E-state index in [1.807, 2.05) is 0 Å². The Morgan fingerprint density at radius 3 is 2.65 bits per heavy atom. The molecule has 1 atom stereocenters. The molecule has 6 heteroatoms. The largest absolute Gasteiger partial charge is 0.368 e. The lowest BCUT2D eigenvalue weighted by atomic mass is 10.1. The van der Waals surface area contributed by atoms with Crippen LogP contribution in [0.5, 0.6) is 0 Å². The summed E-state index contributed by atoms with van der Waals surface area (Å²) in [7, 11) is 0. The molecule has 0 aliphatic heterocycles. The van der Waals surface area contributed by atoms with E-state index in [1.165, 1.54) is 17.5 Å². The Bertz CT molecular complexity index is 403. The van der Waals surface area contributed by atoms with Gasteiger partial charge in [-0.1, -0.05) is 39.0 Å². The lowest BCUT2D eigenvalue weighted by Crippen LogP contribution is -2.45. The summed E-state index contributed by atoms with van der Waals surface area (Å²) < 4.78 is 1.51. The third-order valence-corrected chi connectivity index (χ3v) is 3.14. The smallest absolute Gasteiger partial charge is 0.242 e. The topological polar surface area (TPSA) is 90.0 Å². The van der Waals surface area contributed by atoms with Crippen molar-refractivity contribution in [2.75, 3.05) is 0 Å². The Morgan fingerprint density at radius 1 is 1.30 bits per heavy atom. The van der Waals surface area contributed by atoms with Crippen molar-refractivity contribution < 1.29 is 9.59 Å². The molecule has 0 radical (unpaired) electrons. The van der Waals surface area contributed by atoms with Gasteiger partial charge in [-0.25, -0.2) is 0 Å². The molecule has 0 saturated heterocycles. The van der Waals surface area contributed by atoms with E-state index in [4.69, 9.17) is 5.73 Å². The zero-order valence-electron chi connectivity index (χ0n) is 12.0. The molecule has 1 aromatic rings. The number of hydrogen-bond donors (Lipinski definition) is 2. The highest BCUT2D eigenvalue weighted by molar-refractivity contribution is 5.86. The molecule has 1 unspecified atom stereocenters. The van der Waals surface area contributed by atoms with Crippen molar-refractivity contribution in [3.63, 3.8) is 0 Å². The number of unbranched alkanes of at least 4 members (excludes halogenated alkanes) is 4. The van der Waals surface area contributed by atoms with Gasteiger partial charge in [-0.05, 0) is 12.5 Å². The van der Waals surface area contributed by atoms with Gasteiger partial charge in [-0.15, -0.1) is 0 Å². The van der Waals surface area contributed by atoms with E-state index in [0.29, 0.717) is 6.42 Å². The third kappa shape index (κ3) is 6.36. The molecule has 0 aromatic carbocycles. The van der Waals surface area contributed by atoms with Gasteiger partial charge in [0.15, 0.2) is 0 Å².